The van der Waals surface area contributed by atoms with E-state index >= 15 is 0 Å². The first-order valence-electron chi connectivity index (χ1n) is 11.2. The zero-order chi connectivity index (χ0) is 23.5. The van der Waals surface area contributed by atoms with Crippen LogP contribution in [-0.4, -0.2) is 14.0 Å². The molecule has 6 heteroatoms. The first-order chi connectivity index (χ1) is 17.2. The molecule has 4 aromatic carbocycles. The number of thiazole rings is 1. The Kier molecular flexibility index (Phi) is 4.16. The van der Waals surface area contributed by atoms with Gasteiger partial charge in [0.25, 0.3) is 5.56 Å². The molecule has 5 nitrogen and oxygen atoms in total. The molecule has 0 aliphatic carbocycles. The summed E-state index contributed by atoms with van der Waals surface area (Å²) in [5.41, 5.74) is 6.17. The van der Waals surface area contributed by atoms with Crippen molar-refractivity contribution in [1.82, 2.24) is 14.0 Å². The Morgan fingerprint density at radius 3 is 2.31 bits per heavy atom. The number of benzene rings is 4. The summed E-state index contributed by atoms with van der Waals surface area (Å²) in [6.45, 7) is 0. The van der Waals surface area contributed by atoms with Gasteiger partial charge >= 0.3 is 0 Å². The van der Waals surface area contributed by atoms with E-state index < -0.39 is 5.56 Å². The minimum absolute atomic E-state index is 0.0477. The molecular formula is C29H16N4OS. The number of para-hydroxylation sites is 2. The van der Waals surface area contributed by atoms with Gasteiger partial charge in [-0.1, -0.05) is 59.9 Å². The molecule has 0 bridgehead atoms. The second kappa shape index (κ2) is 7.39. The quantitative estimate of drug-likeness (QED) is 0.289. The number of aromatic nitrogens is 3. The van der Waals surface area contributed by atoms with E-state index in [9.17, 15) is 10.1 Å². The van der Waals surface area contributed by atoms with E-state index in [1.807, 2.05) is 22.6 Å². The van der Waals surface area contributed by atoms with E-state index in [4.69, 9.17) is 0 Å². The monoisotopic (exact) mass is 468 g/mol. The van der Waals surface area contributed by atoms with E-state index in [2.05, 4.69) is 88.4 Å². The standard InChI is InChI=1S/C29H16N4OS/c30-16-20-17-32-26-13-11-19(15-27(26)35-29(32)31-28(20)34)18-10-12-25-23(14-18)22-8-4-5-9-24(22)33(25)21-6-2-1-3-7-21/h1-15,17H. The van der Waals surface area contributed by atoms with Crippen LogP contribution in [0.4, 0.5) is 0 Å². The predicted octanol–water partition coefficient (Wildman–Crippen LogP) is 6.54. The van der Waals surface area contributed by atoms with Gasteiger partial charge in [-0.05, 0) is 53.6 Å². The van der Waals surface area contributed by atoms with Crippen molar-refractivity contribution >= 4 is 48.3 Å². The minimum atomic E-state index is -0.487. The van der Waals surface area contributed by atoms with Crippen molar-refractivity contribution in [3.05, 3.63) is 113 Å². The lowest BCUT2D eigenvalue weighted by atomic mass is 10.0. The average molecular weight is 469 g/mol. The van der Waals surface area contributed by atoms with Gasteiger partial charge in [0.2, 0.25) is 0 Å². The molecule has 0 aliphatic heterocycles. The van der Waals surface area contributed by atoms with Gasteiger partial charge in [0.05, 0.1) is 21.3 Å². The van der Waals surface area contributed by atoms with Crippen LogP contribution < -0.4 is 5.56 Å². The van der Waals surface area contributed by atoms with E-state index in [0.29, 0.717) is 4.96 Å². The molecule has 0 saturated heterocycles. The van der Waals surface area contributed by atoms with Crippen LogP contribution in [-0.2, 0) is 0 Å². The summed E-state index contributed by atoms with van der Waals surface area (Å²) in [6, 6.07) is 33.7. The number of rotatable bonds is 2. The fraction of sp³-hybridized carbons (Fsp3) is 0. The molecule has 0 amide bonds. The highest BCUT2D eigenvalue weighted by atomic mass is 32.1. The van der Waals surface area contributed by atoms with Gasteiger partial charge in [-0.2, -0.15) is 10.2 Å². The molecular weight excluding hydrogens is 452 g/mol. The third-order valence-electron chi connectivity index (χ3n) is 6.45. The third kappa shape index (κ3) is 2.92. The van der Waals surface area contributed by atoms with Crippen LogP contribution in [0, 0.1) is 11.3 Å². The lowest BCUT2D eigenvalue weighted by Crippen LogP contribution is -2.11. The fourth-order valence-corrected chi connectivity index (χ4v) is 5.87. The van der Waals surface area contributed by atoms with Gasteiger partial charge in [-0.15, -0.1) is 0 Å². The first kappa shape index (κ1) is 19.7. The van der Waals surface area contributed by atoms with Crippen molar-refractivity contribution < 1.29 is 0 Å². The summed E-state index contributed by atoms with van der Waals surface area (Å²) in [5, 5.41) is 11.6. The molecule has 0 spiro atoms. The van der Waals surface area contributed by atoms with E-state index in [1.54, 1.807) is 6.20 Å². The Labute approximate surface area is 203 Å². The van der Waals surface area contributed by atoms with Gasteiger partial charge in [0, 0.05) is 22.7 Å². The van der Waals surface area contributed by atoms with Gasteiger partial charge < -0.3 is 4.57 Å². The van der Waals surface area contributed by atoms with E-state index in [-0.39, 0.29) is 5.56 Å². The fourth-order valence-electron chi connectivity index (χ4n) is 4.84. The molecule has 3 aromatic heterocycles. The van der Waals surface area contributed by atoms with Gasteiger partial charge in [-0.3, -0.25) is 9.20 Å². The Hall–Kier alpha value is -4.73. The zero-order valence-corrected chi connectivity index (χ0v) is 19.2. The molecule has 164 valence electrons. The largest absolute Gasteiger partial charge is 0.309 e. The van der Waals surface area contributed by atoms with Crippen LogP contribution in [0.1, 0.15) is 5.56 Å². The number of hydrogen-bond acceptors (Lipinski definition) is 4. The molecule has 0 unspecified atom stereocenters. The van der Waals surface area contributed by atoms with Crippen LogP contribution in [0.3, 0.4) is 0 Å². The highest BCUT2D eigenvalue weighted by Crippen LogP contribution is 2.36. The van der Waals surface area contributed by atoms with Crippen molar-refractivity contribution in [3.8, 4) is 22.9 Å². The van der Waals surface area contributed by atoms with Crippen LogP contribution >= 0.6 is 11.3 Å². The molecule has 0 radical (unpaired) electrons. The number of hydrogen-bond donors (Lipinski definition) is 0. The summed E-state index contributed by atoms with van der Waals surface area (Å²) in [6.07, 6.45) is 1.58. The second-order valence-corrected chi connectivity index (χ2v) is 9.44. The summed E-state index contributed by atoms with van der Waals surface area (Å²) in [7, 11) is 0. The van der Waals surface area contributed by atoms with Crippen molar-refractivity contribution in [3.63, 3.8) is 0 Å². The number of nitrogens with zero attached hydrogens (tertiary/aromatic N) is 4. The van der Waals surface area contributed by atoms with Crippen LogP contribution in [0.15, 0.2) is 102 Å². The van der Waals surface area contributed by atoms with Crippen molar-refractivity contribution in [2.45, 2.75) is 0 Å². The minimum Gasteiger partial charge on any atom is -0.309 e. The zero-order valence-electron chi connectivity index (χ0n) is 18.3. The Bertz CT molecular complexity index is 2040. The maximum atomic E-state index is 12.0. The number of fused-ring (bicyclic) bond motifs is 6. The normalized spacial score (nSPS) is 11.5. The maximum absolute atomic E-state index is 12.0. The van der Waals surface area contributed by atoms with Gasteiger partial charge in [0.15, 0.2) is 4.96 Å². The van der Waals surface area contributed by atoms with Crippen LogP contribution in [0.2, 0.25) is 0 Å². The summed E-state index contributed by atoms with van der Waals surface area (Å²) in [4.78, 5) is 16.7. The summed E-state index contributed by atoms with van der Waals surface area (Å²) >= 11 is 1.45. The smallest absolute Gasteiger partial charge is 0.291 e. The molecule has 7 aromatic rings. The lowest BCUT2D eigenvalue weighted by molar-refractivity contribution is 1.12. The van der Waals surface area contributed by atoms with Gasteiger partial charge in [-0.25, -0.2) is 0 Å². The maximum Gasteiger partial charge on any atom is 0.291 e. The SMILES string of the molecule is N#Cc1cn2c(nc1=O)sc1cc(-c3ccc4c(c3)c3ccccc3n4-c3ccccc3)ccc12. The van der Waals surface area contributed by atoms with Crippen LogP contribution in [0.25, 0.3) is 53.8 Å². The highest BCUT2D eigenvalue weighted by molar-refractivity contribution is 7.23. The molecule has 0 saturated carbocycles. The first-order valence-corrected chi connectivity index (χ1v) is 12.0. The Balaban J connectivity index is 1.44. The molecule has 0 N–H and O–H groups in total. The lowest BCUT2D eigenvalue weighted by Gasteiger charge is -2.08. The molecule has 0 aliphatic rings. The molecule has 3 heterocycles. The predicted molar refractivity (Wildman–Crippen MR) is 141 cm³/mol. The summed E-state index contributed by atoms with van der Waals surface area (Å²) in [5.74, 6) is 0. The Morgan fingerprint density at radius 2 is 1.49 bits per heavy atom. The second-order valence-electron chi connectivity index (χ2n) is 8.43. The average Bonchev–Trinajstić information content (AvgIpc) is 3.42. The molecule has 35 heavy (non-hydrogen) atoms. The van der Waals surface area contributed by atoms with Crippen LogP contribution in [0.5, 0.6) is 0 Å². The van der Waals surface area contributed by atoms with Gasteiger partial charge in [0.1, 0.15) is 11.6 Å². The third-order valence-corrected chi connectivity index (χ3v) is 7.47. The van der Waals surface area contributed by atoms with E-state index in [0.717, 1.165) is 32.5 Å². The molecule has 0 fully saturated rings. The highest BCUT2D eigenvalue weighted by Gasteiger charge is 2.14. The summed E-state index contributed by atoms with van der Waals surface area (Å²) < 4.78 is 5.14. The Morgan fingerprint density at radius 1 is 0.771 bits per heavy atom. The molecule has 0 atom stereocenters. The number of nitriles is 1. The van der Waals surface area contributed by atoms with E-state index in [1.165, 1.54) is 27.6 Å². The van der Waals surface area contributed by atoms with Crippen molar-refractivity contribution in [2.24, 2.45) is 0 Å². The molecule has 7 rings (SSSR count). The van der Waals surface area contributed by atoms with Crippen molar-refractivity contribution in [1.29, 1.82) is 5.26 Å². The van der Waals surface area contributed by atoms with Crippen molar-refractivity contribution in [2.75, 3.05) is 0 Å². The topological polar surface area (TPSA) is 63.1 Å².